The zero-order valence-corrected chi connectivity index (χ0v) is 24.8. The highest BCUT2D eigenvalue weighted by Crippen LogP contribution is 2.15. The van der Waals surface area contributed by atoms with E-state index >= 15 is 0 Å². The van der Waals surface area contributed by atoms with Gasteiger partial charge in [0.25, 0.3) is 0 Å². The van der Waals surface area contributed by atoms with Crippen LogP contribution in [-0.2, 0) is 0 Å². The van der Waals surface area contributed by atoms with Crippen molar-refractivity contribution in [2.24, 2.45) is 0 Å². The molecule has 0 aromatic rings. The van der Waals surface area contributed by atoms with Crippen LogP contribution in [0.2, 0.25) is 0 Å². The van der Waals surface area contributed by atoms with Gasteiger partial charge >= 0.3 is 0 Å². The van der Waals surface area contributed by atoms with Gasteiger partial charge in [-0.15, -0.1) is 0 Å². The van der Waals surface area contributed by atoms with E-state index in [2.05, 4.69) is 38.2 Å². The summed E-state index contributed by atoms with van der Waals surface area (Å²) in [5, 5.41) is 0. The van der Waals surface area contributed by atoms with Crippen molar-refractivity contribution in [3.8, 4) is 0 Å². The molecule has 0 saturated carbocycles. The third-order valence-corrected chi connectivity index (χ3v) is 7.52. The minimum atomic E-state index is 1.30. The minimum Gasteiger partial charge on any atom is -0.0885 e. The SMILES string of the molecule is CCCCCCC=CCCCCCCCCCCCCCCCCCCC=CCCCCCCC. The first-order valence-electron chi connectivity index (χ1n) is 16.7. The van der Waals surface area contributed by atoms with Crippen LogP contribution in [0.25, 0.3) is 0 Å². The topological polar surface area (TPSA) is 0 Å². The Morgan fingerprint density at radius 2 is 0.400 bits per heavy atom. The second kappa shape index (κ2) is 33.5. The van der Waals surface area contributed by atoms with Gasteiger partial charge in [0, 0.05) is 0 Å². The molecule has 0 heterocycles. The lowest BCUT2D eigenvalue weighted by atomic mass is 10.0. The average Bonchev–Trinajstić information content (AvgIpc) is 2.87. The molecular weight excluding hydrogens is 420 g/mol. The van der Waals surface area contributed by atoms with Crippen molar-refractivity contribution in [1.82, 2.24) is 0 Å². The van der Waals surface area contributed by atoms with E-state index in [0.717, 1.165) is 0 Å². The maximum Gasteiger partial charge on any atom is -0.0351 e. The van der Waals surface area contributed by atoms with Gasteiger partial charge in [-0.05, 0) is 51.4 Å². The molecule has 0 amide bonds. The summed E-state index contributed by atoms with van der Waals surface area (Å²) in [5.74, 6) is 0. The Hall–Kier alpha value is -0.520. The fourth-order valence-corrected chi connectivity index (χ4v) is 5.03. The van der Waals surface area contributed by atoms with Crippen LogP contribution in [0, 0.1) is 0 Å². The second-order valence-electron chi connectivity index (χ2n) is 11.2. The molecule has 0 rings (SSSR count). The molecule has 0 fully saturated rings. The zero-order chi connectivity index (χ0) is 25.3. The number of unbranched alkanes of at least 4 members (excludes halogenated alkanes) is 26. The van der Waals surface area contributed by atoms with Gasteiger partial charge < -0.3 is 0 Å². The molecule has 0 bridgehead atoms. The molecule has 0 aliphatic carbocycles. The number of rotatable bonds is 30. The van der Waals surface area contributed by atoms with Crippen molar-refractivity contribution in [1.29, 1.82) is 0 Å². The van der Waals surface area contributed by atoms with Gasteiger partial charge in [-0.25, -0.2) is 0 Å². The summed E-state index contributed by atoms with van der Waals surface area (Å²) in [6.07, 6.45) is 50.9. The summed E-state index contributed by atoms with van der Waals surface area (Å²) in [6, 6.07) is 0. The molecule has 0 saturated heterocycles. The maximum atomic E-state index is 2.44. The van der Waals surface area contributed by atoms with Gasteiger partial charge in [-0.2, -0.15) is 0 Å². The average molecular weight is 489 g/mol. The molecule has 35 heavy (non-hydrogen) atoms. The molecular formula is C35H68. The van der Waals surface area contributed by atoms with Crippen molar-refractivity contribution in [2.75, 3.05) is 0 Å². The van der Waals surface area contributed by atoms with Gasteiger partial charge in [0.2, 0.25) is 0 Å². The Morgan fingerprint density at radius 3 is 0.629 bits per heavy atom. The number of allylic oxidation sites excluding steroid dienone is 4. The predicted molar refractivity (Wildman–Crippen MR) is 164 cm³/mol. The molecule has 0 heteroatoms. The Bertz CT molecular complexity index is 404. The van der Waals surface area contributed by atoms with E-state index < -0.39 is 0 Å². The lowest BCUT2D eigenvalue weighted by molar-refractivity contribution is 0.528. The molecule has 0 radical (unpaired) electrons. The van der Waals surface area contributed by atoms with Crippen LogP contribution in [0.5, 0.6) is 0 Å². The Labute approximate surface area is 224 Å². The molecule has 0 aliphatic rings. The highest BCUT2D eigenvalue weighted by Gasteiger charge is 1.95. The Kier molecular flexibility index (Phi) is 33.0. The zero-order valence-electron chi connectivity index (χ0n) is 24.8. The van der Waals surface area contributed by atoms with Crippen LogP contribution in [0.15, 0.2) is 24.3 Å². The summed E-state index contributed by atoms with van der Waals surface area (Å²) in [7, 11) is 0. The quantitative estimate of drug-likeness (QED) is 0.0696. The third-order valence-electron chi connectivity index (χ3n) is 7.52. The van der Waals surface area contributed by atoms with Crippen LogP contribution in [0.1, 0.15) is 200 Å². The fourth-order valence-electron chi connectivity index (χ4n) is 5.03. The van der Waals surface area contributed by atoms with E-state index in [-0.39, 0.29) is 0 Å². The van der Waals surface area contributed by atoms with Crippen LogP contribution < -0.4 is 0 Å². The van der Waals surface area contributed by atoms with E-state index in [0.29, 0.717) is 0 Å². The van der Waals surface area contributed by atoms with Gasteiger partial charge in [0.1, 0.15) is 0 Å². The molecule has 0 spiro atoms. The number of hydrogen-bond donors (Lipinski definition) is 0. The van der Waals surface area contributed by atoms with Gasteiger partial charge in [-0.1, -0.05) is 173 Å². The smallest absolute Gasteiger partial charge is 0.0351 e. The summed E-state index contributed by atoms with van der Waals surface area (Å²) in [6.45, 7) is 4.58. The molecule has 0 nitrogen and oxygen atoms in total. The lowest BCUT2D eigenvalue weighted by Gasteiger charge is -2.03. The Morgan fingerprint density at radius 1 is 0.229 bits per heavy atom. The van der Waals surface area contributed by atoms with Gasteiger partial charge in [0.05, 0.1) is 0 Å². The van der Waals surface area contributed by atoms with E-state index in [1.807, 2.05) is 0 Å². The normalized spacial score (nSPS) is 11.9. The molecule has 0 aromatic carbocycles. The largest absolute Gasteiger partial charge is 0.0885 e. The van der Waals surface area contributed by atoms with E-state index in [4.69, 9.17) is 0 Å². The predicted octanol–water partition coefficient (Wildman–Crippen LogP) is 13.5. The highest BCUT2D eigenvalue weighted by molar-refractivity contribution is 4.82. The monoisotopic (exact) mass is 489 g/mol. The lowest BCUT2D eigenvalue weighted by Crippen LogP contribution is -1.84. The second-order valence-corrected chi connectivity index (χ2v) is 11.2. The van der Waals surface area contributed by atoms with Crippen molar-refractivity contribution >= 4 is 0 Å². The third kappa shape index (κ3) is 33.5. The van der Waals surface area contributed by atoms with Crippen LogP contribution in [0.4, 0.5) is 0 Å². The van der Waals surface area contributed by atoms with Gasteiger partial charge in [0.15, 0.2) is 0 Å². The van der Waals surface area contributed by atoms with Gasteiger partial charge in [-0.3, -0.25) is 0 Å². The number of hydrogen-bond acceptors (Lipinski definition) is 0. The summed E-state index contributed by atoms with van der Waals surface area (Å²) >= 11 is 0. The highest BCUT2D eigenvalue weighted by atomic mass is 14.0. The standard InChI is InChI=1S/C35H68/c1-3-5-7-9-11-13-15-17-19-21-23-25-27-29-31-33-35-34-32-30-28-26-24-22-20-18-16-14-12-10-8-6-4-2/h13,15-16,18H,3-12,14,17,19-35H2,1-2H3. The summed E-state index contributed by atoms with van der Waals surface area (Å²) in [5.41, 5.74) is 0. The molecule has 0 atom stereocenters. The molecule has 0 aromatic heterocycles. The molecule has 0 N–H and O–H groups in total. The Balaban J connectivity index is 3.08. The van der Waals surface area contributed by atoms with E-state index in [9.17, 15) is 0 Å². The van der Waals surface area contributed by atoms with Crippen molar-refractivity contribution < 1.29 is 0 Å². The summed E-state index contributed by atoms with van der Waals surface area (Å²) < 4.78 is 0. The minimum absolute atomic E-state index is 1.30. The van der Waals surface area contributed by atoms with Crippen molar-refractivity contribution in [2.45, 2.75) is 200 Å². The first-order chi connectivity index (χ1) is 17.4. The van der Waals surface area contributed by atoms with Crippen LogP contribution in [-0.4, -0.2) is 0 Å². The van der Waals surface area contributed by atoms with E-state index in [1.165, 1.54) is 186 Å². The van der Waals surface area contributed by atoms with Crippen LogP contribution >= 0.6 is 0 Å². The fraction of sp³-hybridized carbons (Fsp3) is 0.886. The first-order valence-corrected chi connectivity index (χ1v) is 16.7. The molecule has 0 unspecified atom stereocenters. The maximum absolute atomic E-state index is 2.44. The van der Waals surface area contributed by atoms with E-state index in [1.54, 1.807) is 0 Å². The van der Waals surface area contributed by atoms with Crippen molar-refractivity contribution in [3.05, 3.63) is 24.3 Å². The first kappa shape index (κ1) is 34.5. The molecule has 208 valence electrons. The van der Waals surface area contributed by atoms with Crippen molar-refractivity contribution in [3.63, 3.8) is 0 Å². The summed E-state index contributed by atoms with van der Waals surface area (Å²) in [4.78, 5) is 0. The molecule has 0 aliphatic heterocycles. The van der Waals surface area contributed by atoms with Crippen LogP contribution in [0.3, 0.4) is 0 Å².